The third kappa shape index (κ3) is 3.68. The number of nitrogens with zero attached hydrogens (tertiary/aromatic N) is 2. The minimum absolute atomic E-state index is 0.0523. The van der Waals surface area contributed by atoms with Crippen LogP contribution in [0.4, 0.5) is 0 Å². The molecule has 138 valence electrons. The van der Waals surface area contributed by atoms with Crippen molar-refractivity contribution in [3.63, 3.8) is 0 Å². The normalized spacial score (nSPS) is 16.6. The Hall–Kier alpha value is -2.51. The monoisotopic (exact) mass is 358 g/mol. The highest BCUT2D eigenvalue weighted by atomic mass is 16.7. The molecule has 0 saturated carbocycles. The predicted molar refractivity (Wildman–Crippen MR) is 93.3 cm³/mol. The largest absolute Gasteiger partial charge is 0.472 e. The van der Waals surface area contributed by atoms with E-state index in [1.165, 1.54) is 12.5 Å². The average Bonchev–Trinajstić information content (AvgIpc) is 3.37. The SMILES string of the molecule is O=C(c1ccoc1)N(CCN1CCOCC1)Cc1cccc2c1OCO2. The zero-order chi connectivity index (χ0) is 17.8. The summed E-state index contributed by atoms with van der Waals surface area (Å²) >= 11 is 0. The molecular weight excluding hydrogens is 336 g/mol. The maximum Gasteiger partial charge on any atom is 0.257 e. The van der Waals surface area contributed by atoms with Crippen LogP contribution in [0.5, 0.6) is 11.5 Å². The van der Waals surface area contributed by atoms with Crippen LogP contribution < -0.4 is 9.47 Å². The van der Waals surface area contributed by atoms with Gasteiger partial charge in [0.1, 0.15) is 6.26 Å². The zero-order valence-electron chi connectivity index (χ0n) is 14.6. The van der Waals surface area contributed by atoms with Crippen LogP contribution >= 0.6 is 0 Å². The van der Waals surface area contributed by atoms with Crippen LogP contribution in [0.3, 0.4) is 0 Å². The molecule has 0 bridgehead atoms. The van der Waals surface area contributed by atoms with Crippen molar-refractivity contribution < 1.29 is 23.4 Å². The van der Waals surface area contributed by atoms with Crippen molar-refractivity contribution in [1.82, 2.24) is 9.80 Å². The number of amides is 1. The molecule has 2 aliphatic rings. The molecule has 0 radical (unpaired) electrons. The summed E-state index contributed by atoms with van der Waals surface area (Å²) in [5.41, 5.74) is 1.50. The fraction of sp³-hybridized carbons (Fsp3) is 0.421. The number of hydrogen-bond donors (Lipinski definition) is 0. The van der Waals surface area contributed by atoms with E-state index in [-0.39, 0.29) is 12.7 Å². The van der Waals surface area contributed by atoms with Gasteiger partial charge in [0.15, 0.2) is 11.5 Å². The molecule has 0 N–H and O–H groups in total. The molecule has 2 aliphatic heterocycles. The lowest BCUT2D eigenvalue weighted by Crippen LogP contribution is -2.42. The third-order valence-electron chi connectivity index (χ3n) is 4.68. The molecule has 4 rings (SSSR count). The second-order valence-electron chi connectivity index (χ2n) is 6.34. The van der Waals surface area contributed by atoms with Gasteiger partial charge >= 0.3 is 0 Å². The highest BCUT2D eigenvalue weighted by molar-refractivity contribution is 5.93. The second-order valence-corrected chi connectivity index (χ2v) is 6.34. The van der Waals surface area contributed by atoms with E-state index in [0.717, 1.165) is 49.9 Å². The molecule has 7 nitrogen and oxygen atoms in total. The Morgan fingerprint density at radius 2 is 2.04 bits per heavy atom. The van der Waals surface area contributed by atoms with Crippen LogP contribution in [-0.2, 0) is 11.3 Å². The molecular formula is C19H22N2O5. The first-order chi connectivity index (χ1) is 12.8. The summed E-state index contributed by atoms with van der Waals surface area (Å²) < 4.78 is 21.5. The molecule has 3 heterocycles. The van der Waals surface area contributed by atoms with E-state index >= 15 is 0 Å². The van der Waals surface area contributed by atoms with Gasteiger partial charge in [-0.2, -0.15) is 0 Å². The van der Waals surface area contributed by atoms with Gasteiger partial charge in [-0.1, -0.05) is 12.1 Å². The Morgan fingerprint density at radius 1 is 1.15 bits per heavy atom. The maximum absolute atomic E-state index is 12.9. The number of morpholine rings is 1. The summed E-state index contributed by atoms with van der Waals surface area (Å²) in [5.74, 6) is 1.40. The van der Waals surface area contributed by atoms with Crippen LogP contribution in [0.1, 0.15) is 15.9 Å². The standard InChI is InChI=1S/C19H22N2O5/c22-19(16-4-9-24-13-16)21(6-5-20-7-10-23-11-8-20)12-15-2-1-3-17-18(15)26-14-25-17/h1-4,9,13H,5-8,10-12,14H2. The molecule has 0 unspecified atom stereocenters. The van der Waals surface area contributed by atoms with Crippen LogP contribution in [-0.4, -0.2) is 61.9 Å². The van der Waals surface area contributed by atoms with E-state index in [1.807, 2.05) is 23.1 Å². The van der Waals surface area contributed by atoms with Gasteiger partial charge in [0.05, 0.1) is 25.0 Å². The molecule has 1 saturated heterocycles. The van der Waals surface area contributed by atoms with Crippen molar-refractivity contribution in [2.24, 2.45) is 0 Å². The Balaban J connectivity index is 1.50. The predicted octanol–water partition coefficient (Wildman–Crippen LogP) is 1.98. The van der Waals surface area contributed by atoms with Gasteiger partial charge in [0.25, 0.3) is 5.91 Å². The van der Waals surface area contributed by atoms with Crippen molar-refractivity contribution in [2.45, 2.75) is 6.54 Å². The Labute approximate surface area is 152 Å². The van der Waals surface area contributed by atoms with E-state index in [4.69, 9.17) is 18.6 Å². The smallest absolute Gasteiger partial charge is 0.257 e. The third-order valence-corrected chi connectivity index (χ3v) is 4.68. The average molecular weight is 358 g/mol. The summed E-state index contributed by atoms with van der Waals surface area (Å²) in [6, 6.07) is 7.46. The second kappa shape index (κ2) is 7.80. The van der Waals surface area contributed by atoms with E-state index < -0.39 is 0 Å². The fourth-order valence-electron chi connectivity index (χ4n) is 3.23. The molecule has 1 aromatic heterocycles. The summed E-state index contributed by atoms with van der Waals surface area (Å²) in [6.07, 6.45) is 3.00. The topological polar surface area (TPSA) is 64.4 Å². The Bertz CT molecular complexity index is 740. The minimum atomic E-state index is -0.0523. The number of ether oxygens (including phenoxy) is 3. The number of carbonyl (C=O) groups excluding carboxylic acids is 1. The van der Waals surface area contributed by atoms with E-state index in [0.29, 0.717) is 18.7 Å². The van der Waals surface area contributed by atoms with Gasteiger partial charge in [0.2, 0.25) is 6.79 Å². The number of fused-ring (bicyclic) bond motifs is 1. The lowest BCUT2D eigenvalue weighted by Gasteiger charge is -2.30. The number of rotatable bonds is 6. The molecule has 0 atom stereocenters. The number of benzene rings is 1. The molecule has 26 heavy (non-hydrogen) atoms. The van der Waals surface area contributed by atoms with Gasteiger partial charge < -0.3 is 23.5 Å². The Morgan fingerprint density at radius 3 is 2.85 bits per heavy atom. The number of para-hydroxylation sites is 1. The van der Waals surface area contributed by atoms with Gasteiger partial charge in [0, 0.05) is 38.3 Å². The minimum Gasteiger partial charge on any atom is -0.472 e. The molecule has 1 aromatic carbocycles. The Kier molecular flexibility index (Phi) is 5.08. The van der Waals surface area contributed by atoms with Crippen LogP contribution in [0.15, 0.2) is 41.2 Å². The van der Waals surface area contributed by atoms with Crippen molar-refractivity contribution in [1.29, 1.82) is 0 Å². The first-order valence-electron chi connectivity index (χ1n) is 8.80. The maximum atomic E-state index is 12.9. The molecule has 0 aliphatic carbocycles. The summed E-state index contributed by atoms with van der Waals surface area (Å²) in [7, 11) is 0. The summed E-state index contributed by atoms with van der Waals surface area (Å²) in [6.45, 7) is 5.38. The van der Waals surface area contributed by atoms with Gasteiger partial charge in [-0.05, 0) is 12.1 Å². The molecule has 2 aromatic rings. The van der Waals surface area contributed by atoms with Gasteiger partial charge in [-0.15, -0.1) is 0 Å². The lowest BCUT2D eigenvalue weighted by molar-refractivity contribution is 0.0320. The highest BCUT2D eigenvalue weighted by Gasteiger charge is 2.23. The van der Waals surface area contributed by atoms with E-state index in [2.05, 4.69) is 4.90 Å². The molecule has 1 amide bonds. The lowest BCUT2D eigenvalue weighted by atomic mass is 10.1. The van der Waals surface area contributed by atoms with Crippen molar-refractivity contribution in [2.75, 3.05) is 46.2 Å². The quantitative estimate of drug-likeness (QED) is 0.787. The summed E-state index contributed by atoms with van der Waals surface area (Å²) in [5, 5.41) is 0. The van der Waals surface area contributed by atoms with Crippen molar-refractivity contribution in [3.05, 3.63) is 47.9 Å². The molecule has 7 heteroatoms. The van der Waals surface area contributed by atoms with Gasteiger partial charge in [-0.3, -0.25) is 9.69 Å². The number of hydrogen-bond acceptors (Lipinski definition) is 6. The van der Waals surface area contributed by atoms with Crippen molar-refractivity contribution >= 4 is 5.91 Å². The first kappa shape index (κ1) is 16.9. The van der Waals surface area contributed by atoms with E-state index in [9.17, 15) is 4.79 Å². The first-order valence-corrected chi connectivity index (χ1v) is 8.80. The van der Waals surface area contributed by atoms with Crippen LogP contribution in [0, 0.1) is 0 Å². The number of furan rings is 1. The van der Waals surface area contributed by atoms with Crippen molar-refractivity contribution in [3.8, 4) is 11.5 Å². The molecule has 1 fully saturated rings. The highest BCUT2D eigenvalue weighted by Crippen LogP contribution is 2.36. The summed E-state index contributed by atoms with van der Waals surface area (Å²) in [4.78, 5) is 17.1. The zero-order valence-corrected chi connectivity index (χ0v) is 14.6. The van der Waals surface area contributed by atoms with Crippen LogP contribution in [0.2, 0.25) is 0 Å². The molecule has 0 spiro atoms. The fourth-order valence-corrected chi connectivity index (χ4v) is 3.23. The van der Waals surface area contributed by atoms with E-state index in [1.54, 1.807) is 6.07 Å². The van der Waals surface area contributed by atoms with Gasteiger partial charge in [-0.25, -0.2) is 0 Å². The van der Waals surface area contributed by atoms with Crippen LogP contribution in [0.25, 0.3) is 0 Å². The number of carbonyl (C=O) groups is 1.